The van der Waals surface area contributed by atoms with Crippen LogP contribution >= 0.6 is 11.6 Å². The number of rotatable bonds is 10. The van der Waals surface area contributed by atoms with Crippen LogP contribution in [-0.2, 0) is 16.1 Å². The molecule has 0 radical (unpaired) electrons. The summed E-state index contributed by atoms with van der Waals surface area (Å²) in [6, 6.07) is 14.5. The van der Waals surface area contributed by atoms with Crippen LogP contribution in [0.2, 0.25) is 5.02 Å². The number of ether oxygens (including phenoxy) is 3. The van der Waals surface area contributed by atoms with Crippen molar-refractivity contribution in [2.75, 3.05) is 13.4 Å². The topological polar surface area (TPSA) is 262 Å². The zero-order valence-corrected chi connectivity index (χ0v) is 26.4. The largest absolute Gasteiger partial charge is 0.486 e. The Hall–Kier alpha value is -6.11. The summed E-state index contributed by atoms with van der Waals surface area (Å²) in [7, 11) is 0. The number of halogens is 1. The van der Waals surface area contributed by atoms with Crippen molar-refractivity contribution in [3.8, 4) is 5.88 Å². The first-order valence-electron chi connectivity index (χ1n) is 14.3. The van der Waals surface area contributed by atoms with Crippen LogP contribution in [0.15, 0.2) is 97.6 Å². The smallest absolute Gasteiger partial charge is 0.260 e. The first-order valence-corrected chi connectivity index (χ1v) is 14.7. The van der Waals surface area contributed by atoms with Crippen LogP contribution in [0.5, 0.6) is 5.88 Å². The minimum atomic E-state index is -0.852. The summed E-state index contributed by atoms with van der Waals surface area (Å²) in [5, 5.41) is 40.1. The maximum Gasteiger partial charge on any atom is 0.260 e. The summed E-state index contributed by atoms with van der Waals surface area (Å²) >= 11 is 6.25. The molecule has 0 fully saturated rings. The van der Waals surface area contributed by atoms with Crippen molar-refractivity contribution >= 4 is 28.3 Å². The Morgan fingerprint density at radius 3 is 2.02 bits per heavy atom. The highest BCUT2D eigenvalue weighted by atomic mass is 35.5. The zero-order valence-electron chi connectivity index (χ0n) is 25.7. The van der Waals surface area contributed by atoms with Gasteiger partial charge in [0.15, 0.2) is 6.79 Å². The van der Waals surface area contributed by atoms with Crippen molar-refractivity contribution in [1.29, 1.82) is 0 Å². The van der Waals surface area contributed by atoms with Gasteiger partial charge in [0.1, 0.15) is 18.1 Å². The third-order valence-electron chi connectivity index (χ3n) is 6.02. The molecule has 2 aromatic carbocycles. The average Bonchev–Trinajstić information content (AvgIpc) is 3.96. The lowest BCUT2D eigenvalue weighted by atomic mass is 10.1. The standard InChI is InChI=1S/C23H25ClN6O3.3C2H3N3/c1-2-31-13-33-23-21(28-30-29-23)19(25)20(26)22(32-12-14-6-4-3-5-7-14)17-11-27-18-9-8-15(24)10-16(17)18;3*1-2-4-5-3-1/h3-11,19,27H,2,12-13,25-26H2,1H3,(H,28,29,30);3*1-2H,(H,3,4,5). The van der Waals surface area contributed by atoms with Crippen molar-refractivity contribution in [1.82, 2.24) is 66.6 Å². The van der Waals surface area contributed by atoms with Gasteiger partial charge in [0.05, 0.1) is 48.9 Å². The molecule has 0 saturated carbocycles. The van der Waals surface area contributed by atoms with Gasteiger partial charge in [-0.2, -0.15) is 56.5 Å². The monoisotopic (exact) mass is 675 g/mol. The SMILES string of the molecule is CCOCOc1n[nH]nc1C(N)C(N)=C(OCc1ccccc1)c1c[nH]c2ccc(Cl)cc12.c1cn[nH]n1.c1cn[nH]n1.c1cn[nH]n1. The fraction of sp³-hybridized carbons (Fsp3) is 0.172. The van der Waals surface area contributed by atoms with E-state index in [4.69, 9.17) is 37.3 Å². The second-order valence-electron chi connectivity index (χ2n) is 9.17. The highest BCUT2D eigenvalue weighted by Crippen LogP contribution is 2.33. The van der Waals surface area contributed by atoms with E-state index in [9.17, 15) is 0 Å². The first kappa shape index (κ1) is 34.8. The molecule has 1 atom stereocenters. The third kappa shape index (κ3) is 10.8. The van der Waals surface area contributed by atoms with Crippen LogP contribution in [0.1, 0.15) is 29.8 Å². The Labute approximate surface area is 278 Å². The molecular weight excluding hydrogens is 642 g/mol. The lowest BCUT2D eigenvalue weighted by molar-refractivity contribution is 0.0189. The molecule has 1 unspecified atom stereocenters. The van der Waals surface area contributed by atoms with Gasteiger partial charge in [-0.1, -0.05) is 41.9 Å². The number of aromatic nitrogens is 13. The van der Waals surface area contributed by atoms with Crippen molar-refractivity contribution in [2.45, 2.75) is 19.6 Å². The van der Waals surface area contributed by atoms with Gasteiger partial charge in [-0.3, -0.25) is 0 Å². The highest BCUT2D eigenvalue weighted by Gasteiger charge is 2.25. The molecule has 250 valence electrons. The van der Waals surface area contributed by atoms with E-state index in [-0.39, 0.29) is 18.4 Å². The second kappa shape index (κ2) is 19.4. The molecule has 0 spiro atoms. The van der Waals surface area contributed by atoms with Crippen LogP contribution < -0.4 is 16.2 Å². The minimum Gasteiger partial charge on any atom is -0.486 e. The number of aromatic amines is 5. The number of benzene rings is 2. The summed E-state index contributed by atoms with van der Waals surface area (Å²) < 4.78 is 17.0. The first-order chi connectivity index (χ1) is 23.6. The zero-order chi connectivity index (χ0) is 33.8. The lowest BCUT2D eigenvalue weighted by Gasteiger charge is -2.18. The van der Waals surface area contributed by atoms with E-state index < -0.39 is 6.04 Å². The van der Waals surface area contributed by atoms with Gasteiger partial charge < -0.3 is 30.7 Å². The molecule has 9 N–H and O–H groups in total. The molecule has 5 heterocycles. The van der Waals surface area contributed by atoms with E-state index >= 15 is 0 Å². The summed E-state index contributed by atoms with van der Waals surface area (Å²) in [6.45, 7) is 2.68. The summed E-state index contributed by atoms with van der Waals surface area (Å²) in [5.74, 6) is 0.627. The van der Waals surface area contributed by atoms with E-state index in [2.05, 4.69) is 66.6 Å². The summed E-state index contributed by atoms with van der Waals surface area (Å²) in [4.78, 5) is 3.22. The van der Waals surface area contributed by atoms with Crippen LogP contribution in [0, 0.1) is 0 Å². The number of nitrogens with two attached hydrogens (primary N) is 2. The molecule has 0 amide bonds. The number of fused-ring (bicyclic) bond motifs is 1. The molecule has 19 heteroatoms. The van der Waals surface area contributed by atoms with Crippen LogP contribution in [0.4, 0.5) is 0 Å². The van der Waals surface area contributed by atoms with E-state index in [0.717, 1.165) is 22.0 Å². The van der Waals surface area contributed by atoms with E-state index in [1.807, 2.05) is 61.7 Å². The average molecular weight is 676 g/mol. The molecule has 0 aliphatic carbocycles. The maximum absolute atomic E-state index is 6.58. The Morgan fingerprint density at radius 2 is 1.46 bits per heavy atom. The van der Waals surface area contributed by atoms with Gasteiger partial charge in [0, 0.05) is 34.3 Å². The number of H-pyrrole nitrogens is 5. The predicted molar refractivity (Wildman–Crippen MR) is 175 cm³/mol. The predicted octanol–water partition coefficient (Wildman–Crippen LogP) is 3.27. The van der Waals surface area contributed by atoms with Gasteiger partial charge >= 0.3 is 0 Å². The number of hydrogen-bond acceptors (Lipinski definition) is 13. The normalized spacial score (nSPS) is 11.5. The fourth-order valence-electron chi connectivity index (χ4n) is 3.83. The fourth-order valence-corrected chi connectivity index (χ4v) is 4.01. The molecule has 0 aliphatic heterocycles. The number of nitrogens with zero attached hydrogens (tertiary/aromatic N) is 8. The summed E-state index contributed by atoms with van der Waals surface area (Å²) in [6.07, 6.45) is 11.3. The molecule has 7 aromatic rings. The van der Waals surface area contributed by atoms with Crippen molar-refractivity contribution < 1.29 is 14.2 Å². The van der Waals surface area contributed by atoms with Crippen LogP contribution in [-0.4, -0.2) is 80.0 Å². The van der Waals surface area contributed by atoms with Gasteiger partial charge in [0.25, 0.3) is 5.88 Å². The Morgan fingerprint density at radius 1 is 0.833 bits per heavy atom. The van der Waals surface area contributed by atoms with E-state index in [1.54, 1.807) is 37.2 Å². The van der Waals surface area contributed by atoms with Crippen LogP contribution in [0.3, 0.4) is 0 Å². The van der Waals surface area contributed by atoms with E-state index in [0.29, 0.717) is 29.7 Å². The van der Waals surface area contributed by atoms with Crippen molar-refractivity contribution in [2.24, 2.45) is 11.5 Å². The van der Waals surface area contributed by atoms with Gasteiger partial charge in [0.2, 0.25) is 0 Å². The number of hydrogen-bond donors (Lipinski definition) is 7. The molecular formula is C29H34ClN15O3. The highest BCUT2D eigenvalue weighted by molar-refractivity contribution is 6.31. The molecule has 7 rings (SSSR count). The second-order valence-corrected chi connectivity index (χ2v) is 9.60. The Bertz CT molecular complexity index is 1730. The van der Waals surface area contributed by atoms with Gasteiger partial charge in [-0.05, 0) is 30.7 Å². The van der Waals surface area contributed by atoms with Crippen molar-refractivity contribution in [3.63, 3.8) is 0 Å². The van der Waals surface area contributed by atoms with E-state index in [1.165, 1.54) is 0 Å². The van der Waals surface area contributed by atoms with Gasteiger partial charge in [-0.25, -0.2) is 0 Å². The molecule has 18 nitrogen and oxygen atoms in total. The molecule has 0 aliphatic rings. The minimum absolute atomic E-state index is 0.0185. The number of nitrogens with one attached hydrogen (secondary N) is 5. The molecule has 48 heavy (non-hydrogen) atoms. The Balaban J connectivity index is 0.000000280. The maximum atomic E-state index is 6.58. The Kier molecular flexibility index (Phi) is 14.1. The van der Waals surface area contributed by atoms with Crippen molar-refractivity contribution in [3.05, 3.63) is 119 Å². The molecule has 0 saturated heterocycles. The lowest BCUT2D eigenvalue weighted by Crippen LogP contribution is -2.22. The molecule has 5 aromatic heterocycles. The third-order valence-corrected chi connectivity index (χ3v) is 6.26. The van der Waals surface area contributed by atoms with Gasteiger partial charge in [-0.15, -0.1) is 5.10 Å². The summed E-state index contributed by atoms with van der Waals surface area (Å²) in [5.41, 5.74) is 16.3. The van der Waals surface area contributed by atoms with Crippen LogP contribution in [0.25, 0.3) is 16.7 Å². The quantitative estimate of drug-likeness (QED) is 0.0624. The molecule has 0 bridgehead atoms.